The van der Waals surface area contributed by atoms with E-state index in [0.717, 1.165) is 11.5 Å². The smallest absolute Gasteiger partial charge is 0.237 e. The molecule has 5 nitrogen and oxygen atoms in total. The molecule has 1 rings (SSSR count). The number of rotatable bonds is 7. The van der Waals surface area contributed by atoms with Gasteiger partial charge in [-0.25, -0.2) is 0 Å². The zero-order valence-corrected chi connectivity index (χ0v) is 10.8. The lowest BCUT2D eigenvalue weighted by atomic mass is 9.97. The summed E-state index contributed by atoms with van der Waals surface area (Å²) in [5.74, 6) is 1.05. The molecule has 0 saturated carbocycles. The van der Waals surface area contributed by atoms with Crippen LogP contribution >= 0.6 is 0 Å². The minimum atomic E-state index is -0.969. The number of benzene rings is 1. The standard InChI is InChI=1S/C13H20N2O3/c1-13(15,12(14)16)8-3-9-18-11-6-4-10(17-2)5-7-11/h4-7H,3,8-9,15H2,1-2H3,(H2,14,16). The van der Waals surface area contributed by atoms with Crippen molar-refractivity contribution in [3.8, 4) is 11.5 Å². The molecule has 0 saturated heterocycles. The molecule has 100 valence electrons. The average molecular weight is 252 g/mol. The quantitative estimate of drug-likeness (QED) is 0.710. The summed E-state index contributed by atoms with van der Waals surface area (Å²) in [7, 11) is 1.61. The number of hydrogen-bond acceptors (Lipinski definition) is 4. The second-order valence-electron chi connectivity index (χ2n) is 4.41. The van der Waals surface area contributed by atoms with Gasteiger partial charge in [0.15, 0.2) is 0 Å². The van der Waals surface area contributed by atoms with Gasteiger partial charge in [-0.3, -0.25) is 4.79 Å². The van der Waals surface area contributed by atoms with Crippen LogP contribution in [0, 0.1) is 0 Å². The second kappa shape index (κ2) is 6.26. The topological polar surface area (TPSA) is 87.6 Å². The fourth-order valence-electron chi connectivity index (χ4n) is 1.42. The van der Waals surface area contributed by atoms with Crippen molar-refractivity contribution in [1.29, 1.82) is 0 Å². The van der Waals surface area contributed by atoms with Gasteiger partial charge in [-0.05, 0) is 44.0 Å². The minimum absolute atomic E-state index is 0.492. The lowest BCUT2D eigenvalue weighted by molar-refractivity contribution is -0.122. The van der Waals surface area contributed by atoms with E-state index in [4.69, 9.17) is 20.9 Å². The molecule has 0 aliphatic heterocycles. The highest BCUT2D eigenvalue weighted by Crippen LogP contribution is 2.17. The van der Waals surface area contributed by atoms with Gasteiger partial charge in [-0.15, -0.1) is 0 Å². The van der Waals surface area contributed by atoms with E-state index in [-0.39, 0.29) is 0 Å². The van der Waals surface area contributed by atoms with Crippen LogP contribution in [0.25, 0.3) is 0 Å². The van der Waals surface area contributed by atoms with Crippen molar-refractivity contribution in [3.63, 3.8) is 0 Å². The molecule has 1 aromatic carbocycles. The Morgan fingerprint density at radius 3 is 2.33 bits per heavy atom. The first-order valence-electron chi connectivity index (χ1n) is 5.81. The van der Waals surface area contributed by atoms with Gasteiger partial charge in [0.25, 0.3) is 0 Å². The molecule has 0 spiro atoms. The summed E-state index contributed by atoms with van der Waals surface area (Å²) in [6, 6.07) is 7.31. The first-order chi connectivity index (χ1) is 8.45. The zero-order valence-electron chi connectivity index (χ0n) is 10.8. The Bertz CT molecular complexity index is 388. The van der Waals surface area contributed by atoms with Gasteiger partial charge in [-0.2, -0.15) is 0 Å². The molecule has 18 heavy (non-hydrogen) atoms. The number of primary amides is 1. The van der Waals surface area contributed by atoms with Crippen LogP contribution in [0.4, 0.5) is 0 Å². The van der Waals surface area contributed by atoms with Crippen LogP contribution in [-0.2, 0) is 4.79 Å². The van der Waals surface area contributed by atoms with Crippen LogP contribution in [0.15, 0.2) is 24.3 Å². The zero-order chi connectivity index (χ0) is 13.6. The maximum Gasteiger partial charge on any atom is 0.237 e. The third-order valence-corrected chi connectivity index (χ3v) is 2.73. The molecule has 4 N–H and O–H groups in total. The third kappa shape index (κ3) is 4.25. The number of hydrogen-bond donors (Lipinski definition) is 2. The molecule has 0 fully saturated rings. The fourth-order valence-corrected chi connectivity index (χ4v) is 1.42. The number of ether oxygens (including phenoxy) is 2. The average Bonchev–Trinajstić information content (AvgIpc) is 2.35. The Balaban J connectivity index is 2.31. The van der Waals surface area contributed by atoms with E-state index in [1.807, 2.05) is 24.3 Å². The van der Waals surface area contributed by atoms with Gasteiger partial charge in [0.05, 0.1) is 19.3 Å². The summed E-state index contributed by atoms with van der Waals surface area (Å²) in [5, 5.41) is 0. The largest absolute Gasteiger partial charge is 0.497 e. The van der Waals surface area contributed by atoms with Crippen molar-refractivity contribution in [2.24, 2.45) is 11.5 Å². The van der Waals surface area contributed by atoms with Gasteiger partial charge in [-0.1, -0.05) is 0 Å². The molecule has 1 amide bonds. The molecule has 0 heterocycles. The highest BCUT2D eigenvalue weighted by atomic mass is 16.5. The first-order valence-corrected chi connectivity index (χ1v) is 5.81. The summed E-state index contributed by atoms with van der Waals surface area (Å²) >= 11 is 0. The molecule has 5 heteroatoms. The normalized spacial score (nSPS) is 13.7. The summed E-state index contributed by atoms with van der Waals surface area (Å²) in [4.78, 5) is 11.0. The summed E-state index contributed by atoms with van der Waals surface area (Å²) in [6.45, 7) is 2.12. The fraction of sp³-hybridized carbons (Fsp3) is 0.462. The Kier molecular flexibility index (Phi) is 4.97. The maximum absolute atomic E-state index is 11.0. The van der Waals surface area contributed by atoms with Gasteiger partial charge in [0.1, 0.15) is 11.5 Å². The van der Waals surface area contributed by atoms with Crippen LogP contribution < -0.4 is 20.9 Å². The van der Waals surface area contributed by atoms with E-state index in [2.05, 4.69) is 0 Å². The molecule has 0 bridgehead atoms. The summed E-state index contributed by atoms with van der Waals surface area (Å²) in [5.41, 5.74) is 9.94. The van der Waals surface area contributed by atoms with E-state index < -0.39 is 11.4 Å². The molecule has 0 aliphatic rings. The van der Waals surface area contributed by atoms with Crippen molar-refractivity contribution in [2.75, 3.05) is 13.7 Å². The van der Waals surface area contributed by atoms with Crippen LogP contribution in [0.3, 0.4) is 0 Å². The third-order valence-electron chi connectivity index (χ3n) is 2.73. The molecule has 0 aromatic heterocycles. The van der Waals surface area contributed by atoms with Crippen molar-refractivity contribution >= 4 is 5.91 Å². The SMILES string of the molecule is COc1ccc(OCCCC(C)(N)C(N)=O)cc1. The molecule has 0 aliphatic carbocycles. The molecular formula is C13H20N2O3. The lowest BCUT2D eigenvalue weighted by Gasteiger charge is -2.20. The second-order valence-corrected chi connectivity index (χ2v) is 4.41. The first kappa shape index (κ1) is 14.3. The van der Waals surface area contributed by atoms with Crippen molar-refractivity contribution in [3.05, 3.63) is 24.3 Å². The predicted molar refractivity (Wildman–Crippen MR) is 69.5 cm³/mol. The predicted octanol–water partition coefficient (Wildman–Crippen LogP) is 1.06. The number of amides is 1. The van der Waals surface area contributed by atoms with Crippen LogP contribution in [0.2, 0.25) is 0 Å². The van der Waals surface area contributed by atoms with Crippen molar-refractivity contribution in [1.82, 2.24) is 0 Å². The molecular weight excluding hydrogens is 232 g/mol. The molecule has 1 aromatic rings. The van der Waals surface area contributed by atoms with E-state index in [9.17, 15) is 4.79 Å². The van der Waals surface area contributed by atoms with Gasteiger partial charge < -0.3 is 20.9 Å². The van der Waals surface area contributed by atoms with Crippen LogP contribution in [-0.4, -0.2) is 25.2 Å². The van der Waals surface area contributed by atoms with Crippen LogP contribution in [0.5, 0.6) is 11.5 Å². The van der Waals surface area contributed by atoms with Crippen molar-refractivity contribution < 1.29 is 14.3 Å². The van der Waals surface area contributed by atoms with Crippen LogP contribution in [0.1, 0.15) is 19.8 Å². The number of methoxy groups -OCH3 is 1. The Hall–Kier alpha value is -1.75. The van der Waals surface area contributed by atoms with Gasteiger partial charge in [0, 0.05) is 0 Å². The Morgan fingerprint density at radius 2 is 1.83 bits per heavy atom. The number of nitrogens with two attached hydrogens (primary N) is 2. The summed E-state index contributed by atoms with van der Waals surface area (Å²) < 4.78 is 10.6. The van der Waals surface area contributed by atoms with Gasteiger partial charge >= 0.3 is 0 Å². The lowest BCUT2D eigenvalue weighted by Crippen LogP contribution is -2.49. The molecule has 1 atom stereocenters. The minimum Gasteiger partial charge on any atom is -0.497 e. The molecule has 1 unspecified atom stereocenters. The Labute approximate surface area is 107 Å². The number of carbonyl (C=O) groups excluding carboxylic acids is 1. The van der Waals surface area contributed by atoms with E-state index in [0.29, 0.717) is 19.4 Å². The van der Waals surface area contributed by atoms with E-state index in [1.165, 1.54) is 0 Å². The highest BCUT2D eigenvalue weighted by Gasteiger charge is 2.24. The highest BCUT2D eigenvalue weighted by molar-refractivity contribution is 5.83. The number of carbonyl (C=O) groups is 1. The van der Waals surface area contributed by atoms with E-state index in [1.54, 1.807) is 14.0 Å². The summed E-state index contributed by atoms with van der Waals surface area (Å²) in [6.07, 6.45) is 1.17. The maximum atomic E-state index is 11.0. The van der Waals surface area contributed by atoms with Crippen molar-refractivity contribution in [2.45, 2.75) is 25.3 Å². The molecule has 0 radical (unpaired) electrons. The Morgan fingerprint density at radius 1 is 1.28 bits per heavy atom. The monoisotopic (exact) mass is 252 g/mol. The van der Waals surface area contributed by atoms with Gasteiger partial charge in [0.2, 0.25) is 5.91 Å². The van der Waals surface area contributed by atoms with E-state index >= 15 is 0 Å².